The van der Waals surface area contributed by atoms with Crippen molar-refractivity contribution in [3.8, 4) is 0 Å². The maximum Gasteiger partial charge on any atom is 0.251 e. The van der Waals surface area contributed by atoms with Crippen molar-refractivity contribution in [1.29, 1.82) is 0 Å². The molecule has 0 radical (unpaired) electrons. The predicted molar refractivity (Wildman–Crippen MR) is 78.1 cm³/mol. The molecule has 1 amide bonds. The molecule has 1 aromatic rings. The number of carbonyl (C=O) groups is 1. The summed E-state index contributed by atoms with van der Waals surface area (Å²) in [5.41, 5.74) is 4.64. The van der Waals surface area contributed by atoms with Gasteiger partial charge < -0.3 is 10.7 Å². The zero-order chi connectivity index (χ0) is 14.8. The van der Waals surface area contributed by atoms with E-state index in [9.17, 15) is 13.2 Å². The molecule has 1 saturated heterocycles. The third-order valence-electron chi connectivity index (χ3n) is 3.60. The molecule has 0 spiro atoms. The van der Waals surface area contributed by atoms with Crippen LogP contribution in [0.5, 0.6) is 0 Å². The van der Waals surface area contributed by atoms with Crippen LogP contribution < -0.4 is 16.6 Å². The van der Waals surface area contributed by atoms with Crippen LogP contribution in [0.4, 0.5) is 5.69 Å². The minimum atomic E-state index is -3.03. The van der Waals surface area contributed by atoms with Crippen LogP contribution in [-0.4, -0.2) is 31.9 Å². The van der Waals surface area contributed by atoms with E-state index < -0.39 is 15.1 Å². The van der Waals surface area contributed by atoms with Crippen molar-refractivity contribution in [3.05, 3.63) is 29.3 Å². The van der Waals surface area contributed by atoms with Gasteiger partial charge in [-0.3, -0.25) is 10.6 Å². The van der Waals surface area contributed by atoms with Crippen molar-refractivity contribution in [2.45, 2.75) is 25.0 Å². The minimum Gasteiger partial charge on any atom is -0.351 e. The summed E-state index contributed by atoms with van der Waals surface area (Å²) in [5, 5.41) is 2.24. The van der Waals surface area contributed by atoms with Gasteiger partial charge in [-0.15, -0.1) is 0 Å². The second-order valence-corrected chi connectivity index (χ2v) is 7.42. The van der Waals surface area contributed by atoms with Crippen molar-refractivity contribution < 1.29 is 13.2 Å². The van der Waals surface area contributed by atoms with Crippen LogP contribution in [0, 0.1) is 6.92 Å². The predicted octanol–water partition coefficient (Wildman–Crippen LogP) is 0.588. The fourth-order valence-corrected chi connectivity index (χ4v) is 4.13. The number of hydrogen-bond acceptors (Lipinski definition) is 5. The molecule has 1 heterocycles. The Balaban J connectivity index is 2.00. The molecule has 1 aromatic carbocycles. The van der Waals surface area contributed by atoms with Crippen LogP contribution in [0.2, 0.25) is 0 Å². The molecule has 7 heteroatoms. The minimum absolute atomic E-state index is 0.178. The molecule has 2 rings (SSSR count). The number of sulfone groups is 1. The number of benzene rings is 1. The summed E-state index contributed by atoms with van der Waals surface area (Å²) in [6.45, 7) is 2.02. The molecule has 1 unspecified atom stereocenters. The Morgan fingerprint density at radius 1 is 1.45 bits per heavy atom. The molecular weight excluding hydrogens is 278 g/mol. The highest BCUT2D eigenvalue weighted by Gasteiger charge is 2.31. The number of nitrogen functional groups attached to an aromatic ring is 1. The van der Waals surface area contributed by atoms with Crippen molar-refractivity contribution in [3.63, 3.8) is 0 Å². The zero-order valence-electron chi connectivity index (χ0n) is 11.3. The Labute approximate surface area is 118 Å². The van der Waals surface area contributed by atoms with E-state index in [-0.39, 0.29) is 18.2 Å². The summed E-state index contributed by atoms with van der Waals surface area (Å²) in [6, 6.07) is 5.09. The Kier molecular flexibility index (Phi) is 4.29. The summed E-state index contributed by atoms with van der Waals surface area (Å²) < 4.78 is 23.3. The Bertz CT molecular complexity index is 613. The summed E-state index contributed by atoms with van der Waals surface area (Å²) >= 11 is 0. The highest BCUT2D eigenvalue weighted by Crippen LogP contribution is 2.19. The molecule has 1 aliphatic heterocycles. The first-order valence-electron chi connectivity index (χ1n) is 6.51. The second-order valence-electron chi connectivity index (χ2n) is 5.02. The highest BCUT2D eigenvalue weighted by molar-refractivity contribution is 7.92. The quantitative estimate of drug-likeness (QED) is 0.557. The number of aryl methyl sites for hydroxylation is 1. The van der Waals surface area contributed by atoms with E-state index >= 15 is 0 Å². The maximum atomic E-state index is 12.0. The first-order valence-corrected chi connectivity index (χ1v) is 8.22. The molecule has 0 aliphatic carbocycles. The van der Waals surface area contributed by atoms with Gasteiger partial charge in [0.25, 0.3) is 5.91 Å². The molecule has 1 fully saturated rings. The third-order valence-corrected chi connectivity index (χ3v) is 5.87. The molecule has 0 aromatic heterocycles. The Morgan fingerprint density at radius 2 is 2.20 bits per heavy atom. The molecule has 6 nitrogen and oxygen atoms in total. The van der Waals surface area contributed by atoms with Crippen molar-refractivity contribution in [2.24, 2.45) is 5.84 Å². The normalized spacial score (nSPS) is 20.6. The monoisotopic (exact) mass is 297 g/mol. The lowest BCUT2D eigenvalue weighted by molar-refractivity contribution is 0.0953. The molecule has 0 saturated carbocycles. The maximum absolute atomic E-state index is 12.0. The summed E-state index contributed by atoms with van der Waals surface area (Å²) in [6.07, 6.45) is 1.30. The summed E-state index contributed by atoms with van der Waals surface area (Å²) in [5.74, 6) is 5.29. The van der Waals surface area contributed by atoms with E-state index in [1.807, 2.05) is 6.92 Å². The topological polar surface area (TPSA) is 101 Å². The van der Waals surface area contributed by atoms with Gasteiger partial charge in [0.15, 0.2) is 9.84 Å². The van der Waals surface area contributed by atoms with Gasteiger partial charge in [0.1, 0.15) is 0 Å². The largest absolute Gasteiger partial charge is 0.351 e. The van der Waals surface area contributed by atoms with Gasteiger partial charge in [0.05, 0.1) is 16.7 Å². The summed E-state index contributed by atoms with van der Waals surface area (Å²) in [4.78, 5) is 12.0. The summed E-state index contributed by atoms with van der Waals surface area (Å²) in [7, 11) is -3.03. The van der Waals surface area contributed by atoms with Crippen LogP contribution in [0.3, 0.4) is 0 Å². The standard InChI is InChI=1S/C13H19N3O3S/c1-9-7-10(4-5-12(9)16-14)13(17)15-8-11-3-2-6-20(11,18)19/h4-5,7,11,16H,2-3,6,8,14H2,1H3,(H,15,17). The van der Waals surface area contributed by atoms with Crippen LogP contribution in [0.25, 0.3) is 0 Å². The van der Waals surface area contributed by atoms with Gasteiger partial charge >= 0.3 is 0 Å². The van der Waals surface area contributed by atoms with E-state index in [0.29, 0.717) is 18.4 Å². The highest BCUT2D eigenvalue weighted by atomic mass is 32.2. The zero-order valence-corrected chi connectivity index (χ0v) is 12.2. The molecule has 20 heavy (non-hydrogen) atoms. The number of anilines is 1. The number of carbonyl (C=O) groups excluding carboxylic acids is 1. The fraction of sp³-hybridized carbons (Fsp3) is 0.462. The van der Waals surface area contributed by atoms with Crippen molar-refractivity contribution in [1.82, 2.24) is 5.32 Å². The average Bonchev–Trinajstić information content (AvgIpc) is 2.74. The van der Waals surface area contributed by atoms with Crippen molar-refractivity contribution >= 4 is 21.4 Å². The average molecular weight is 297 g/mol. The van der Waals surface area contributed by atoms with Gasteiger partial charge in [-0.25, -0.2) is 8.42 Å². The molecular formula is C13H19N3O3S. The molecule has 110 valence electrons. The van der Waals surface area contributed by atoms with Crippen LogP contribution >= 0.6 is 0 Å². The molecule has 4 N–H and O–H groups in total. The lowest BCUT2D eigenvalue weighted by atomic mass is 10.1. The van der Waals surface area contributed by atoms with Crippen molar-refractivity contribution in [2.75, 3.05) is 17.7 Å². The van der Waals surface area contributed by atoms with E-state index in [4.69, 9.17) is 5.84 Å². The van der Waals surface area contributed by atoms with Gasteiger partial charge in [-0.2, -0.15) is 0 Å². The number of rotatable bonds is 4. The smallest absolute Gasteiger partial charge is 0.251 e. The Hall–Kier alpha value is -1.60. The number of amides is 1. The van der Waals surface area contributed by atoms with E-state index in [1.165, 1.54) is 0 Å². The Morgan fingerprint density at radius 3 is 2.75 bits per heavy atom. The second kappa shape index (κ2) is 5.80. The molecule has 1 atom stereocenters. The number of hydrogen-bond donors (Lipinski definition) is 3. The first-order chi connectivity index (χ1) is 9.44. The van der Waals surface area contributed by atoms with E-state index in [0.717, 1.165) is 11.3 Å². The number of nitrogens with two attached hydrogens (primary N) is 1. The fourth-order valence-electron chi connectivity index (χ4n) is 2.36. The number of hydrazine groups is 1. The van der Waals surface area contributed by atoms with Crippen LogP contribution in [-0.2, 0) is 9.84 Å². The third kappa shape index (κ3) is 3.10. The van der Waals surface area contributed by atoms with Gasteiger partial charge in [-0.05, 0) is 43.5 Å². The van der Waals surface area contributed by atoms with Gasteiger partial charge in [0, 0.05) is 12.1 Å². The van der Waals surface area contributed by atoms with Gasteiger partial charge in [-0.1, -0.05) is 0 Å². The lowest BCUT2D eigenvalue weighted by Gasteiger charge is -2.12. The van der Waals surface area contributed by atoms with Gasteiger partial charge in [0.2, 0.25) is 0 Å². The first kappa shape index (κ1) is 14.8. The molecule has 0 bridgehead atoms. The molecule has 1 aliphatic rings. The van der Waals surface area contributed by atoms with Crippen LogP contribution in [0.15, 0.2) is 18.2 Å². The number of nitrogens with one attached hydrogen (secondary N) is 2. The van der Waals surface area contributed by atoms with Crippen LogP contribution in [0.1, 0.15) is 28.8 Å². The van der Waals surface area contributed by atoms with E-state index in [2.05, 4.69) is 10.7 Å². The lowest BCUT2D eigenvalue weighted by Crippen LogP contribution is -2.34. The SMILES string of the molecule is Cc1cc(C(=O)NCC2CCCS2(=O)=O)ccc1NN. The van der Waals surface area contributed by atoms with E-state index in [1.54, 1.807) is 18.2 Å².